The van der Waals surface area contributed by atoms with Crippen molar-refractivity contribution in [3.8, 4) is 0 Å². The van der Waals surface area contributed by atoms with Crippen LogP contribution in [0.1, 0.15) is 46.2 Å². The van der Waals surface area contributed by atoms with Crippen LogP contribution in [-0.2, 0) is 11.2 Å². The Kier molecular flexibility index (Phi) is 4.83. The molecule has 0 spiro atoms. The number of nitrogens with zero attached hydrogens (tertiary/aromatic N) is 2. The van der Waals surface area contributed by atoms with Crippen LogP contribution in [-0.4, -0.2) is 34.7 Å². The maximum atomic E-state index is 12.1. The summed E-state index contributed by atoms with van der Waals surface area (Å²) >= 11 is 7.36. The van der Waals surface area contributed by atoms with Gasteiger partial charge >= 0.3 is 6.09 Å². The summed E-state index contributed by atoms with van der Waals surface area (Å²) in [5.74, 6) is 0. The fraction of sp³-hybridized carbons (Fsp3) is 0.733. The highest BCUT2D eigenvalue weighted by Crippen LogP contribution is 2.35. The maximum absolute atomic E-state index is 12.1. The Balaban J connectivity index is 1.88. The Labute approximate surface area is 135 Å². The van der Waals surface area contributed by atoms with Gasteiger partial charge in [-0.3, -0.25) is 0 Å². The molecule has 2 rings (SSSR count). The Morgan fingerprint density at radius 1 is 1.48 bits per heavy atom. The fourth-order valence-electron chi connectivity index (χ4n) is 2.53. The molecule has 0 atom stereocenters. The van der Waals surface area contributed by atoms with Crippen molar-refractivity contribution >= 4 is 29.0 Å². The molecule has 1 aliphatic heterocycles. The van der Waals surface area contributed by atoms with E-state index in [1.54, 1.807) is 4.90 Å². The van der Waals surface area contributed by atoms with Gasteiger partial charge in [0.1, 0.15) is 5.60 Å². The van der Waals surface area contributed by atoms with Gasteiger partial charge in [0.15, 0.2) is 4.47 Å². The van der Waals surface area contributed by atoms with E-state index in [2.05, 4.69) is 11.9 Å². The minimum Gasteiger partial charge on any atom is -0.444 e. The topological polar surface area (TPSA) is 42.4 Å². The fourth-order valence-corrected chi connectivity index (χ4v) is 3.31. The molecule has 0 radical (unpaired) electrons. The second-order valence-electron chi connectivity index (χ2n) is 7.05. The molecule has 6 heteroatoms. The number of ether oxygens (including phenoxy) is 1. The lowest BCUT2D eigenvalue weighted by Crippen LogP contribution is -2.45. The van der Waals surface area contributed by atoms with Crippen LogP contribution in [0.15, 0.2) is 5.38 Å². The third-order valence-electron chi connectivity index (χ3n) is 3.75. The van der Waals surface area contributed by atoms with Gasteiger partial charge in [-0.25, -0.2) is 9.78 Å². The summed E-state index contributed by atoms with van der Waals surface area (Å²) < 4.78 is 6.02. The lowest BCUT2D eigenvalue weighted by atomic mass is 9.77. The quantitative estimate of drug-likeness (QED) is 0.808. The van der Waals surface area contributed by atoms with Crippen LogP contribution < -0.4 is 0 Å². The lowest BCUT2D eigenvalue weighted by Gasteiger charge is -2.39. The third kappa shape index (κ3) is 4.85. The summed E-state index contributed by atoms with van der Waals surface area (Å²) in [4.78, 5) is 18.2. The monoisotopic (exact) mass is 330 g/mol. The van der Waals surface area contributed by atoms with E-state index in [4.69, 9.17) is 16.3 Å². The molecule has 0 bridgehead atoms. The summed E-state index contributed by atoms with van der Waals surface area (Å²) in [7, 11) is 0. The summed E-state index contributed by atoms with van der Waals surface area (Å²) in [6, 6.07) is 0. The number of carbonyl (C=O) groups is 1. The maximum Gasteiger partial charge on any atom is 0.410 e. The Bertz CT molecular complexity index is 502. The molecule has 21 heavy (non-hydrogen) atoms. The predicted molar refractivity (Wildman–Crippen MR) is 86.0 cm³/mol. The summed E-state index contributed by atoms with van der Waals surface area (Å²) in [6.45, 7) is 9.42. The van der Waals surface area contributed by atoms with Gasteiger partial charge in [-0.2, -0.15) is 0 Å². The van der Waals surface area contributed by atoms with Crippen LogP contribution in [0.4, 0.5) is 4.79 Å². The molecule has 1 aromatic rings. The number of hydrogen-bond acceptors (Lipinski definition) is 4. The van der Waals surface area contributed by atoms with Gasteiger partial charge < -0.3 is 9.64 Å². The number of amides is 1. The van der Waals surface area contributed by atoms with Crippen molar-refractivity contribution in [3.05, 3.63) is 15.5 Å². The average molecular weight is 331 g/mol. The molecule has 1 aliphatic rings. The molecule has 0 saturated carbocycles. The van der Waals surface area contributed by atoms with Crippen LogP contribution in [0.5, 0.6) is 0 Å². The van der Waals surface area contributed by atoms with Gasteiger partial charge in [0.25, 0.3) is 0 Å². The number of rotatable bonds is 2. The molecular formula is C15H23ClN2O2S. The molecule has 1 amide bonds. The second kappa shape index (κ2) is 6.13. The van der Waals surface area contributed by atoms with Gasteiger partial charge in [-0.15, -0.1) is 11.3 Å². The molecule has 1 aromatic heterocycles. The number of carbonyl (C=O) groups excluding carboxylic acids is 1. The van der Waals surface area contributed by atoms with E-state index >= 15 is 0 Å². The van der Waals surface area contributed by atoms with E-state index in [9.17, 15) is 4.79 Å². The van der Waals surface area contributed by atoms with E-state index in [1.165, 1.54) is 11.3 Å². The van der Waals surface area contributed by atoms with Crippen molar-refractivity contribution in [2.24, 2.45) is 5.41 Å². The van der Waals surface area contributed by atoms with Crippen LogP contribution >= 0.6 is 22.9 Å². The van der Waals surface area contributed by atoms with E-state index in [0.717, 1.165) is 38.0 Å². The number of halogens is 1. The highest BCUT2D eigenvalue weighted by atomic mass is 35.5. The van der Waals surface area contributed by atoms with Crippen molar-refractivity contribution in [1.29, 1.82) is 0 Å². The highest BCUT2D eigenvalue weighted by Gasteiger charge is 2.34. The highest BCUT2D eigenvalue weighted by molar-refractivity contribution is 7.13. The van der Waals surface area contributed by atoms with E-state index in [1.807, 2.05) is 26.2 Å². The minimum absolute atomic E-state index is 0.177. The van der Waals surface area contributed by atoms with E-state index in [-0.39, 0.29) is 11.5 Å². The van der Waals surface area contributed by atoms with Crippen molar-refractivity contribution in [2.45, 2.75) is 52.6 Å². The zero-order chi connectivity index (χ0) is 15.7. The zero-order valence-corrected chi connectivity index (χ0v) is 14.7. The molecule has 118 valence electrons. The van der Waals surface area contributed by atoms with Crippen LogP contribution in [0, 0.1) is 5.41 Å². The minimum atomic E-state index is -0.435. The largest absolute Gasteiger partial charge is 0.444 e. The van der Waals surface area contributed by atoms with Crippen LogP contribution in [0.2, 0.25) is 4.47 Å². The molecular weight excluding hydrogens is 308 g/mol. The first-order valence-corrected chi connectivity index (χ1v) is 8.50. The van der Waals surface area contributed by atoms with Gasteiger partial charge in [0, 0.05) is 18.5 Å². The first-order chi connectivity index (χ1) is 9.67. The average Bonchev–Trinajstić information content (AvgIpc) is 2.72. The first-order valence-electron chi connectivity index (χ1n) is 7.25. The molecule has 0 aromatic carbocycles. The van der Waals surface area contributed by atoms with Gasteiger partial charge in [-0.05, 0) is 45.4 Å². The van der Waals surface area contributed by atoms with Gasteiger partial charge in [-0.1, -0.05) is 18.5 Å². The van der Waals surface area contributed by atoms with Crippen molar-refractivity contribution in [3.63, 3.8) is 0 Å². The van der Waals surface area contributed by atoms with Crippen LogP contribution in [0.25, 0.3) is 0 Å². The third-order valence-corrected chi connectivity index (χ3v) is 4.78. The van der Waals surface area contributed by atoms with Crippen LogP contribution in [0.3, 0.4) is 0 Å². The number of thiazole rings is 1. The first kappa shape index (κ1) is 16.6. The molecule has 2 heterocycles. The van der Waals surface area contributed by atoms with Gasteiger partial charge in [0.05, 0.1) is 5.69 Å². The number of hydrogen-bond donors (Lipinski definition) is 0. The zero-order valence-electron chi connectivity index (χ0n) is 13.1. The number of piperidine rings is 1. The molecule has 0 unspecified atom stereocenters. The van der Waals surface area contributed by atoms with Crippen molar-refractivity contribution in [1.82, 2.24) is 9.88 Å². The normalized spacial score (nSPS) is 18.6. The second-order valence-corrected chi connectivity index (χ2v) is 8.49. The molecule has 1 saturated heterocycles. The standard InChI is InChI=1S/C15H23ClN2O2S/c1-14(2,3)20-13(19)18-7-5-15(4,6-8-18)9-11-10-21-12(16)17-11/h10H,5-9H2,1-4H3. The number of likely N-dealkylation sites (tertiary alicyclic amines) is 1. The number of aromatic nitrogens is 1. The SMILES string of the molecule is CC1(Cc2csc(Cl)n2)CCN(C(=O)OC(C)(C)C)CC1. The summed E-state index contributed by atoms with van der Waals surface area (Å²) in [5, 5.41) is 2.02. The molecule has 4 nitrogen and oxygen atoms in total. The Morgan fingerprint density at radius 3 is 2.57 bits per heavy atom. The van der Waals surface area contributed by atoms with Crippen molar-refractivity contribution < 1.29 is 9.53 Å². The van der Waals surface area contributed by atoms with Gasteiger partial charge in [0.2, 0.25) is 0 Å². The molecule has 0 aliphatic carbocycles. The van der Waals surface area contributed by atoms with E-state index < -0.39 is 5.60 Å². The van der Waals surface area contributed by atoms with Crippen molar-refractivity contribution in [2.75, 3.05) is 13.1 Å². The molecule has 1 fully saturated rings. The Hall–Kier alpha value is -0.810. The summed E-state index contributed by atoms with van der Waals surface area (Å²) in [6.07, 6.45) is 2.63. The van der Waals surface area contributed by atoms with E-state index in [0.29, 0.717) is 4.47 Å². The lowest BCUT2D eigenvalue weighted by molar-refractivity contribution is 0.0119. The smallest absolute Gasteiger partial charge is 0.410 e. The molecule has 0 N–H and O–H groups in total. The summed E-state index contributed by atoms with van der Waals surface area (Å²) in [5.41, 5.74) is 0.795. The predicted octanol–water partition coefficient (Wildman–Crippen LogP) is 4.38. The Morgan fingerprint density at radius 2 is 2.10 bits per heavy atom.